The number of nitrogens with zero attached hydrogens (tertiary/aromatic N) is 2. The summed E-state index contributed by atoms with van der Waals surface area (Å²) in [6.45, 7) is 0. The molecule has 0 aliphatic heterocycles. The van der Waals surface area contributed by atoms with E-state index >= 15 is 0 Å². The van der Waals surface area contributed by atoms with Gasteiger partial charge in [0.15, 0.2) is 0 Å². The molecule has 0 unspecified atom stereocenters. The lowest BCUT2D eigenvalue weighted by atomic mass is 10.0. The molecule has 1 aromatic heterocycles. The van der Waals surface area contributed by atoms with Gasteiger partial charge < -0.3 is 4.74 Å². The van der Waals surface area contributed by atoms with Gasteiger partial charge >= 0.3 is 6.18 Å². The molecular formula is C17H11F3N2O3. The van der Waals surface area contributed by atoms with Gasteiger partial charge in [-0.15, -0.1) is 0 Å². The van der Waals surface area contributed by atoms with Crippen molar-refractivity contribution in [2.75, 3.05) is 7.11 Å². The predicted molar refractivity (Wildman–Crippen MR) is 85.4 cm³/mol. The average Bonchev–Trinajstić information content (AvgIpc) is 2.59. The molecule has 0 spiro atoms. The number of hydrogen-bond donors (Lipinski definition) is 0. The van der Waals surface area contributed by atoms with Crippen LogP contribution in [0.5, 0.6) is 5.88 Å². The van der Waals surface area contributed by atoms with Gasteiger partial charge in [-0.2, -0.15) is 13.2 Å². The molecule has 0 saturated heterocycles. The Hall–Kier alpha value is -3.16. The molecule has 0 saturated carbocycles. The summed E-state index contributed by atoms with van der Waals surface area (Å²) in [7, 11) is 1.37. The average molecular weight is 348 g/mol. The van der Waals surface area contributed by atoms with E-state index in [0.29, 0.717) is 16.3 Å². The van der Waals surface area contributed by atoms with Crippen molar-refractivity contribution in [2.45, 2.75) is 6.18 Å². The van der Waals surface area contributed by atoms with Crippen molar-refractivity contribution in [3.8, 4) is 17.1 Å². The lowest BCUT2D eigenvalue weighted by Crippen LogP contribution is -2.04. The normalized spacial score (nSPS) is 11.5. The van der Waals surface area contributed by atoms with Gasteiger partial charge in [-0.3, -0.25) is 10.1 Å². The second-order valence-corrected chi connectivity index (χ2v) is 5.22. The molecule has 128 valence electrons. The minimum absolute atomic E-state index is 0.133. The lowest BCUT2D eigenvalue weighted by Gasteiger charge is -2.10. The Morgan fingerprint density at radius 3 is 2.32 bits per heavy atom. The summed E-state index contributed by atoms with van der Waals surface area (Å²) in [5, 5.41) is 12.0. The Balaban J connectivity index is 2.20. The predicted octanol–water partition coefficient (Wildman–Crippen LogP) is 4.84. The van der Waals surface area contributed by atoms with Gasteiger partial charge in [-0.1, -0.05) is 18.2 Å². The zero-order chi connectivity index (χ0) is 18.2. The summed E-state index contributed by atoms with van der Waals surface area (Å²) >= 11 is 0. The number of rotatable bonds is 3. The molecule has 1 heterocycles. The van der Waals surface area contributed by atoms with E-state index in [1.54, 1.807) is 6.07 Å². The molecule has 8 heteroatoms. The first-order valence-electron chi connectivity index (χ1n) is 7.11. The van der Waals surface area contributed by atoms with E-state index in [9.17, 15) is 23.3 Å². The number of benzene rings is 2. The third-order valence-corrected chi connectivity index (χ3v) is 3.71. The largest absolute Gasteiger partial charge is 0.481 e. The van der Waals surface area contributed by atoms with Crippen LogP contribution >= 0.6 is 0 Å². The SMILES string of the molecule is COc1nc(-c2ccc(C(F)(F)F)cc2)cc2c([N+](=O)[O-])cccc12. The summed E-state index contributed by atoms with van der Waals surface area (Å²) in [6, 6.07) is 10.4. The molecule has 25 heavy (non-hydrogen) atoms. The number of alkyl halides is 3. The van der Waals surface area contributed by atoms with E-state index in [1.165, 1.54) is 37.4 Å². The number of nitro groups is 1. The number of hydrogen-bond acceptors (Lipinski definition) is 4. The van der Waals surface area contributed by atoms with Crippen molar-refractivity contribution in [3.63, 3.8) is 0 Å². The molecular weight excluding hydrogens is 337 g/mol. The highest BCUT2D eigenvalue weighted by Gasteiger charge is 2.30. The van der Waals surface area contributed by atoms with Crippen molar-refractivity contribution in [3.05, 3.63) is 64.2 Å². The smallest absolute Gasteiger partial charge is 0.416 e. The summed E-state index contributed by atoms with van der Waals surface area (Å²) in [5.74, 6) is 0.163. The number of ether oxygens (including phenoxy) is 1. The fraction of sp³-hybridized carbons (Fsp3) is 0.118. The first-order chi connectivity index (χ1) is 11.8. The number of halogens is 3. The quantitative estimate of drug-likeness (QED) is 0.502. The Morgan fingerprint density at radius 2 is 1.76 bits per heavy atom. The minimum Gasteiger partial charge on any atom is -0.481 e. The van der Waals surface area contributed by atoms with Gasteiger partial charge in [0, 0.05) is 11.6 Å². The van der Waals surface area contributed by atoms with Crippen LogP contribution in [-0.4, -0.2) is 17.0 Å². The zero-order valence-corrected chi connectivity index (χ0v) is 12.9. The van der Waals surface area contributed by atoms with Gasteiger partial charge in [-0.25, -0.2) is 4.98 Å². The summed E-state index contributed by atoms with van der Waals surface area (Å²) < 4.78 is 43.2. The Kier molecular flexibility index (Phi) is 4.03. The third-order valence-electron chi connectivity index (χ3n) is 3.71. The number of nitro benzene ring substituents is 1. The Labute approximate surface area is 139 Å². The molecule has 0 amide bonds. The molecule has 0 bridgehead atoms. The standard InChI is InChI=1S/C17H11F3N2O3/c1-25-16-12-3-2-4-15(22(23)24)13(12)9-14(21-16)10-5-7-11(8-6-10)17(18,19)20/h2-9H,1H3. The lowest BCUT2D eigenvalue weighted by molar-refractivity contribution is -0.383. The highest BCUT2D eigenvalue weighted by Crippen LogP contribution is 2.35. The summed E-state index contributed by atoms with van der Waals surface area (Å²) in [6.07, 6.45) is -4.44. The maximum absolute atomic E-state index is 12.7. The van der Waals surface area contributed by atoms with E-state index in [1.807, 2.05) is 0 Å². The maximum atomic E-state index is 12.7. The summed E-state index contributed by atoms with van der Waals surface area (Å²) in [5.41, 5.74) is -0.236. The third kappa shape index (κ3) is 3.10. The second kappa shape index (κ2) is 6.04. The van der Waals surface area contributed by atoms with Gasteiger partial charge in [0.25, 0.3) is 5.69 Å². The second-order valence-electron chi connectivity index (χ2n) is 5.22. The number of fused-ring (bicyclic) bond motifs is 1. The summed E-state index contributed by atoms with van der Waals surface area (Å²) in [4.78, 5) is 15.0. The fourth-order valence-corrected chi connectivity index (χ4v) is 2.52. The molecule has 0 radical (unpaired) electrons. The molecule has 5 nitrogen and oxygen atoms in total. The number of aromatic nitrogens is 1. The Morgan fingerprint density at radius 1 is 1.08 bits per heavy atom. The number of non-ortho nitro benzene ring substituents is 1. The van der Waals surface area contributed by atoms with Crippen LogP contribution in [0.2, 0.25) is 0 Å². The van der Waals surface area contributed by atoms with E-state index in [4.69, 9.17) is 4.74 Å². The van der Waals surface area contributed by atoms with E-state index < -0.39 is 16.7 Å². The number of methoxy groups -OCH3 is 1. The van der Waals surface area contributed by atoms with Crippen molar-refractivity contribution in [2.24, 2.45) is 0 Å². The van der Waals surface area contributed by atoms with Gasteiger partial charge in [-0.05, 0) is 24.3 Å². The Bertz CT molecular complexity index is 954. The number of pyridine rings is 1. The molecule has 2 aromatic carbocycles. The molecule has 3 aromatic rings. The van der Waals surface area contributed by atoms with Gasteiger partial charge in [0.1, 0.15) is 0 Å². The van der Waals surface area contributed by atoms with Crippen LogP contribution < -0.4 is 4.74 Å². The fourth-order valence-electron chi connectivity index (χ4n) is 2.52. The van der Waals surface area contributed by atoms with Crippen molar-refractivity contribution in [1.29, 1.82) is 0 Å². The first kappa shape index (κ1) is 16.7. The topological polar surface area (TPSA) is 65.3 Å². The van der Waals surface area contributed by atoms with E-state index in [-0.39, 0.29) is 17.3 Å². The van der Waals surface area contributed by atoms with Crippen LogP contribution in [0.4, 0.5) is 18.9 Å². The highest BCUT2D eigenvalue weighted by atomic mass is 19.4. The van der Waals surface area contributed by atoms with Crippen molar-refractivity contribution < 1.29 is 22.8 Å². The minimum atomic E-state index is -4.44. The molecule has 3 rings (SSSR count). The molecule has 0 aliphatic carbocycles. The molecule has 0 aliphatic rings. The maximum Gasteiger partial charge on any atom is 0.416 e. The van der Waals surface area contributed by atoms with Crippen LogP contribution in [0.1, 0.15) is 5.56 Å². The van der Waals surface area contributed by atoms with E-state index in [2.05, 4.69) is 4.98 Å². The van der Waals surface area contributed by atoms with Gasteiger partial charge in [0.05, 0.1) is 34.1 Å². The van der Waals surface area contributed by atoms with Crippen molar-refractivity contribution in [1.82, 2.24) is 4.98 Å². The van der Waals surface area contributed by atoms with E-state index in [0.717, 1.165) is 12.1 Å². The van der Waals surface area contributed by atoms with Crippen LogP contribution in [0.25, 0.3) is 22.0 Å². The van der Waals surface area contributed by atoms with Crippen LogP contribution in [0.15, 0.2) is 48.5 Å². The van der Waals surface area contributed by atoms with Crippen LogP contribution in [0, 0.1) is 10.1 Å². The highest BCUT2D eigenvalue weighted by molar-refractivity contribution is 5.96. The van der Waals surface area contributed by atoms with Crippen LogP contribution in [-0.2, 0) is 6.18 Å². The van der Waals surface area contributed by atoms with Crippen molar-refractivity contribution >= 4 is 16.5 Å². The molecule has 0 fully saturated rings. The first-order valence-corrected chi connectivity index (χ1v) is 7.11. The monoisotopic (exact) mass is 348 g/mol. The molecule has 0 atom stereocenters. The zero-order valence-electron chi connectivity index (χ0n) is 12.9. The van der Waals surface area contributed by atoms with Gasteiger partial charge in [0.2, 0.25) is 5.88 Å². The van der Waals surface area contributed by atoms with Crippen LogP contribution in [0.3, 0.4) is 0 Å². The molecule has 0 N–H and O–H groups in total.